The Morgan fingerprint density at radius 1 is 0.920 bits per heavy atom. The van der Waals surface area contributed by atoms with Crippen LogP contribution in [0.15, 0.2) is 66.9 Å². The highest BCUT2D eigenvalue weighted by Gasteiger charge is 2.34. The molecule has 0 saturated carbocycles. The Morgan fingerprint density at radius 2 is 1.52 bits per heavy atom. The number of allylic oxidation sites excluding steroid dienone is 1. The van der Waals surface area contributed by atoms with Gasteiger partial charge in [-0.15, -0.1) is 0 Å². The van der Waals surface area contributed by atoms with Gasteiger partial charge in [-0.25, -0.2) is 0 Å². The molecule has 0 saturated heterocycles. The number of fused-ring (bicyclic) bond motifs is 1. The van der Waals surface area contributed by atoms with Crippen LogP contribution in [0.3, 0.4) is 0 Å². The number of benzene rings is 2. The van der Waals surface area contributed by atoms with Gasteiger partial charge in [0.15, 0.2) is 0 Å². The SMILES string of the molecule is O=C(N/C=C/CCCN1C(=O)c2ccccc2C1=O)c1ccccc1. The number of hydrogen-bond donors (Lipinski definition) is 1. The second kappa shape index (κ2) is 7.57. The van der Waals surface area contributed by atoms with Gasteiger partial charge < -0.3 is 5.32 Å². The molecule has 0 aliphatic carbocycles. The molecule has 2 aromatic rings. The number of hydrogen-bond acceptors (Lipinski definition) is 3. The predicted molar refractivity (Wildman–Crippen MR) is 94.1 cm³/mol. The number of unbranched alkanes of at least 4 members (excludes halogenated alkanes) is 1. The van der Waals surface area contributed by atoms with Crippen molar-refractivity contribution in [2.75, 3.05) is 6.54 Å². The summed E-state index contributed by atoms with van der Waals surface area (Å²) in [5, 5.41) is 2.69. The van der Waals surface area contributed by atoms with E-state index in [1.807, 2.05) is 12.1 Å². The lowest BCUT2D eigenvalue weighted by Gasteiger charge is -2.12. The Hall–Kier alpha value is -3.21. The highest BCUT2D eigenvalue weighted by molar-refractivity contribution is 6.21. The molecular formula is C20H18N2O3. The summed E-state index contributed by atoms with van der Waals surface area (Å²) in [7, 11) is 0. The van der Waals surface area contributed by atoms with Crippen LogP contribution in [-0.4, -0.2) is 29.2 Å². The molecule has 0 atom stereocenters. The van der Waals surface area contributed by atoms with Gasteiger partial charge in [0.25, 0.3) is 17.7 Å². The summed E-state index contributed by atoms with van der Waals surface area (Å²) in [5.74, 6) is -0.638. The summed E-state index contributed by atoms with van der Waals surface area (Å²) in [5.41, 5.74) is 1.54. The molecule has 0 fully saturated rings. The molecule has 3 rings (SSSR count). The Morgan fingerprint density at radius 3 is 2.16 bits per heavy atom. The van der Waals surface area contributed by atoms with Crippen molar-refractivity contribution in [3.8, 4) is 0 Å². The Labute approximate surface area is 146 Å². The van der Waals surface area contributed by atoms with Gasteiger partial charge in [-0.1, -0.05) is 36.4 Å². The van der Waals surface area contributed by atoms with Crippen LogP contribution in [0, 0.1) is 0 Å². The summed E-state index contributed by atoms with van der Waals surface area (Å²) in [4.78, 5) is 37.5. The maximum atomic E-state index is 12.2. The monoisotopic (exact) mass is 334 g/mol. The molecule has 0 bridgehead atoms. The highest BCUT2D eigenvalue weighted by Crippen LogP contribution is 2.22. The smallest absolute Gasteiger partial charge is 0.261 e. The van der Waals surface area contributed by atoms with Crippen molar-refractivity contribution in [3.63, 3.8) is 0 Å². The minimum atomic E-state index is -0.234. The van der Waals surface area contributed by atoms with Crippen molar-refractivity contribution < 1.29 is 14.4 Å². The lowest BCUT2D eigenvalue weighted by molar-refractivity contribution is 0.0652. The predicted octanol–water partition coefficient (Wildman–Crippen LogP) is 3.01. The summed E-state index contributed by atoms with van der Waals surface area (Å²) in [6, 6.07) is 15.8. The normalized spacial score (nSPS) is 13.4. The van der Waals surface area contributed by atoms with Gasteiger partial charge >= 0.3 is 0 Å². The average molecular weight is 334 g/mol. The molecule has 0 radical (unpaired) electrons. The van der Waals surface area contributed by atoms with Crippen LogP contribution in [0.25, 0.3) is 0 Å². The fourth-order valence-corrected chi connectivity index (χ4v) is 2.70. The molecule has 3 amide bonds. The van der Waals surface area contributed by atoms with E-state index in [1.165, 1.54) is 4.90 Å². The fraction of sp³-hybridized carbons (Fsp3) is 0.150. The number of imide groups is 1. The van der Waals surface area contributed by atoms with Gasteiger partial charge in [0, 0.05) is 18.3 Å². The van der Waals surface area contributed by atoms with Crippen LogP contribution in [-0.2, 0) is 0 Å². The largest absolute Gasteiger partial charge is 0.329 e. The van der Waals surface area contributed by atoms with Crippen LogP contribution >= 0.6 is 0 Å². The van der Waals surface area contributed by atoms with Gasteiger partial charge in [-0.05, 0) is 37.1 Å². The third-order valence-electron chi connectivity index (χ3n) is 4.00. The minimum Gasteiger partial charge on any atom is -0.329 e. The van der Waals surface area contributed by atoms with Crippen molar-refractivity contribution in [1.82, 2.24) is 10.2 Å². The molecule has 2 aromatic carbocycles. The van der Waals surface area contributed by atoms with Crippen LogP contribution in [0.5, 0.6) is 0 Å². The van der Waals surface area contributed by atoms with Crippen molar-refractivity contribution in [3.05, 3.63) is 83.6 Å². The van der Waals surface area contributed by atoms with E-state index in [0.29, 0.717) is 36.1 Å². The maximum absolute atomic E-state index is 12.2. The first-order chi connectivity index (χ1) is 12.2. The zero-order chi connectivity index (χ0) is 17.6. The third-order valence-corrected chi connectivity index (χ3v) is 4.00. The first-order valence-electron chi connectivity index (χ1n) is 8.14. The lowest BCUT2D eigenvalue weighted by Crippen LogP contribution is -2.30. The molecule has 5 nitrogen and oxygen atoms in total. The molecule has 1 heterocycles. The van der Waals surface area contributed by atoms with E-state index in [2.05, 4.69) is 5.32 Å². The van der Waals surface area contributed by atoms with Crippen molar-refractivity contribution in [1.29, 1.82) is 0 Å². The molecule has 0 aromatic heterocycles. The molecule has 1 aliphatic heterocycles. The van der Waals surface area contributed by atoms with Crippen molar-refractivity contribution >= 4 is 17.7 Å². The number of amides is 3. The van der Waals surface area contributed by atoms with Gasteiger partial charge in [0.2, 0.25) is 0 Å². The van der Waals surface area contributed by atoms with Gasteiger partial charge in [-0.3, -0.25) is 19.3 Å². The minimum absolute atomic E-state index is 0.169. The number of rotatable bonds is 6. The van der Waals surface area contributed by atoms with E-state index in [9.17, 15) is 14.4 Å². The molecule has 0 spiro atoms. The first-order valence-corrected chi connectivity index (χ1v) is 8.14. The second-order valence-corrected chi connectivity index (χ2v) is 5.69. The van der Waals surface area contributed by atoms with Crippen LogP contribution in [0.4, 0.5) is 0 Å². The average Bonchev–Trinajstić information content (AvgIpc) is 2.90. The van der Waals surface area contributed by atoms with E-state index in [1.54, 1.807) is 54.7 Å². The summed E-state index contributed by atoms with van der Waals surface area (Å²) in [6.07, 6.45) is 4.71. The highest BCUT2D eigenvalue weighted by atomic mass is 16.2. The molecule has 1 aliphatic rings. The van der Waals surface area contributed by atoms with Gasteiger partial charge in [0.1, 0.15) is 0 Å². The molecule has 126 valence electrons. The zero-order valence-electron chi connectivity index (χ0n) is 13.6. The van der Waals surface area contributed by atoms with E-state index < -0.39 is 0 Å². The molecule has 5 heteroatoms. The molecular weight excluding hydrogens is 316 g/mol. The van der Waals surface area contributed by atoms with E-state index in [0.717, 1.165) is 0 Å². The lowest BCUT2D eigenvalue weighted by atomic mass is 10.1. The van der Waals surface area contributed by atoms with E-state index in [-0.39, 0.29) is 17.7 Å². The third kappa shape index (κ3) is 3.66. The molecule has 1 N–H and O–H groups in total. The number of nitrogens with one attached hydrogen (secondary N) is 1. The van der Waals surface area contributed by atoms with E-state index >= 15 is 0 Å². The number of nitrogens with zero attached hydrogens (tertiary/aromatic N) is 1. The zero-order valence-corrected chi connectivity index (χ0v) is 13.6. The van der Waals surface area contributed by atoms with Crippen molar-refractivity contribution in [2.24, 2.45) is 0 Å². The van der Waals surface area contributed by atoms with E-state index in [4.69, 9.17) is 0 Å². The molecule has 25 heavy (non-hydrogen) atoms. The first kappa shape index (κ1) is 16.6. The summed E-state index contributed by atoms with van der Waals surface area (Å²) >= 11 is 0. The van der Waals surface area contributed by atoms with Crippen molar-refractivity contribution in [2.45, 2.75) is 12.8 Å². The number of carbonyl (C=O) groups excluding carboxylic acids is 3. The van der Waals surface area contributed by atoms with Gasteiger partial charge in [-0.2, -0.15) is 0 Å². The second-order valence-electron chi connectivity index (χ2n) is 5.69. The summed E-state index contributed by atoms with van der Waals surface area (Å²) < 4.78 is 0. The Bertz CT molecular complexity index is 793. The van der Waals surface area contributed by atoms with Crippen LogP contribution < -0.4 is 5.32 Å². The molecule has 0 unspecified atom stereocenters. The fourth-order valence-electron chi connectivity index (χ4n) is 2.70. The summed E-state index contributed by atoms with van der Waals surface area (Å²) in [6.45, 7) is 0.364. The maximum Gasteiger partial charge on any atom is 0.261 e. The number of carbonyl (C=O) groups is 3. The van der Waals surface area contributed by atoms with Crippen LogP contribution in [0.1, 0.15) is 43.9 Å². The van der Waals surface area contributed by atoms with Gasteiger partial charge in [0.05, 0.1) is 11.1 Å². The topological polar surface area (TPSA) is 66.5 Å². The Balaban J connectivity index is 1.44. The standard InChI is InChI=1S/C20H18N2O3/c23-18(15-9-3-1-4-10-15)21-13-7-2-8-14-22-19(24)16-11-5-6-12-17(16)20(22)25/h1,3-7,9-13H,2,8,14H2,(H,21,23)/b13-7+. The Kier molecular flexibility index (Phi) is 5.04. The van der Waals surface area contributed by atoms with Crippen LogP contribution in [0.2, 0.25) is 0 Å². The quantitative estimate of drug-likeness (QED) is 0.652.